The van der Waals surface area contributed by atoms with E-state index >= 15 is 0 Å². The van der Waals surface area contributed by atoms with Crippen LogP contribution in [0.3, 0.4) is 0 Å². The van der Waals surface area contributed by atoms with Crippen molar-refractivity contribution in [1.82, 2.24) is 5.32 Å². The zero-order valence-corrected chi connectivity index (χ0v) is 10.4. The van der Waals surface area contributed by atoms with Gasteiger partial charge in [-0.25, -0.2) is 4.79 Å². The fourth-order valence-electron chi connectivity index (χ4n) is 2.22. The van der Waals surface area contributed by atoms with Crippen LogP contribution in [-0.4, -0.2) is 38.3 Å². The number of nitrogens with one attached hydrogen (secondary N) is 2. The van der Waals surface area contributed by atoms with Gasteiger partial charge in [-0.15, -0.1) is 0 Å². The minimum absolute atomic E-state index is 0.224. The van der Waals surface area contributed by atoms with Crippen LogP contribution in [0.5, 0.6) is 0 Å². The average molecular weight is 273 g/mol. The van der Waals surface area contributed by atoms with Gasteiger partial charge in [-0.05, 0) is 12.5 Å². The Morgan fingerprint density at radius 1 is 1.16 bits per heavy atom. The number of hydrogen-bond acceptors (Lipinski definition) is 2. The molecular weight excluding hydrogens is 257 g/mol. The standard InChI is InChI=1S/C13H15F3N2O/c14-13(15,16)11-5-3-1-2-4-10(11)12(19)18-8-6-17-7-9-18/h2-5,17H,1,6-9H2/p+1. The SMILES string of the molecule is O=C(C1=C(C(F)(F)F)C=CCC=C1)[NH+]1CCNCC1. The number of alkyl halides is 3. The molecule has 0 aromatic rings. The van der Waals surface area contributed by atoms with Crippen LogP contribution in [0, 0.1) is 0 Å². The highest BCUT2D eigenvalue weighted by molar-refractivity contribution is 5.91. The van der Waals surface area contributed by atoms with E-state index in [1.807, 2.05) is 0 Å². The van der Waals surface area contributed by atoms with Crippen LogP contribution in [0.1, 0.15) is 6.42 Å². The number of amides is 1. The van der Waals surface area contributed by atoms with Crippen molar-refractivity contribution in [1.29, 1.82) is 0 Å². The van der Waals surface area contributed by atoms with Crippen molar-refractivity contribution >= 4 is 5.91 Å². The molecule has 0 saturated carbocycles. The maximum atomic E-state index is 13.0. The Labute approximate surface area is 109 Å². The number of carbonyl (C=O) groups excluding carboxylic acids is 1. The highest BCUT2D eigenvalue weighted by Crippen LogP contribution is 2.31. The second kappa shape index (κ2) is 5.71. The Balaban J connectivity index is 2.33. The fourth-order valence-corrected chi connectivity index (χ4v) is 2.22. The summed E-state index contributed by atoms with van der Waals surface area (Å²) in [6.45, 7) is 2.33. The predicted molar refractivity (Wildman–Crippen MR) is 64.6 cm³/mol. The van der Waals surface area contributed by atoms with E-state index in [0.717, 1.165) is 6.08 Å². The van der Waals surface area contributed by atoms with Gasteiger partial charge >= 0.3 is 12.1 Å². The normalized spacial score (nSPS) is 21.6. The lowest BCUT2D eigenvalue weighted by atomic mass is 10.1. The maximum absolute atomic E-state index is 13.0. The van der Waals surface area contributed by atoms with Gasteiger partial charge in [0.2, 0.25) is 0 Å². The van der Waals surface area contributed by atoms with Crippen LogP contribution in [0.25, 0.3) is 0 Å². The third kappa shape index (κ3) is 3.33. The minimum Gasteiger partial charge on any atom is -0.306 e. The van der Waals surface area contributed by atoms with Crippen molar-refractivity contribution in [3.63, 3.8) is 0 Å². The monoisotopic (exact) mass is 273 g/mol. The molecule has 0 spiro atoms. The third-order valence-electron chi connectivity index (χ3n) is 3.21. The third-order valence-corrected chi connectivity index (χ3v) is 3.21. The number of halogens is 3. The molecule has 0 aromatic heterocycles. The van der Waals surface area contributed by atoms with Gasteiger partial charge < -0.3 is 5.32 Å². The number of allylic oxidation sites excluding steroid dienone is 4. The summed E-state index contributed by atoms with van der Waals surface area (Å²) in [5.74, 6) is -0.461. The molecule has 1 fully saturated rings. The molecule has 0 unspecified atom stereocenters. The number of piperazine rings is 1. The van der Waals surface area contributed by atoms with Crippen molar-refractivity contribution in [2.45, 2.75) is 12.6 Å². The van der Waals surface area contributed by atoms with E-state index in [1.165, 1.54) is 12.2 Å². The molecule has 19 heavy (non-hydrogen) atoms. The van der Waals surface area contributed by atoms with E-state index in [9.17, 15) is 18.0 Å². The van der Waals surface area contributed by atoms with E-state index in [-0.39, 0.29) is 5.57 Å². The average Bonchev–Trinajstić information content (AvgIpc) is 2.64. The van der Waals surface area contributed by atoms with Crippen LogP contribution in [0.2, 0.25) is 0 Å². The molecule has 1 amide bonds. The van der Waals surface area contributed by atoms with Gasteiger partial charge in [0.1, 0.15) is 0 Å². The van der Waals surface area contributed by atoms with Gasteiger partial charge in [-0.2, -0.15) is 13.2 Å². The first-order chi connectivity index (χ1) is 9.00. The Bertz CT molecular complexity index is 443. The molecule has 0 bridgehead atoms. The van der Waals surface area contributed by atoms with E-state index in [2.05, 4.69) is 5.32 Å². The number of quaternary nitrogens is 1. The number of rotatable bonds is 1. The first-order valence-electron chi connectivity index (χ1n) is 6.25. The summed E-state index contributed by atoms with van der Waals surface area (Å²) < 4.78 is 38.9. The van der Waals surface area contributed by atoms with Gasteiger partial charge in [0.25, 0.3) is 0 Å². The molecule has 2 N–H and O–H groups in total. The molecule has 1 aliphatic carbocycles. The van der Waals surface area contributed by atoms with Gasteiger partial charge in [-0.1, -0.05) is 18.2 Å². The maximum Gasteiger partial charge on any atom is 0.417 e. The lowest BCUT2D eigenvalue weighted by Crippen LogP contribution is -3.17. The summed E-state index contributed by atoms with van der Waals surface area (Å²) in [5.41, 5.74) is -1.06. The second-order valence-corrected chi connectivity index (χ2v) is 4.55. The summed E-state index contributed by atoms with van der Waals surface area (Å²) in [6, 6.07) is 0. The van der Waals surface area contributed by atoms with Gasteiger partial charge in [0.05, 0.1) is 24.2 Å². The molecule has 1 heterocycles. The van der Waals surface area contributed by atoms with Crippen molar-refractivity contribution in [2.75, 3.05) is 26.2 Å². The fraction of sp³-hybridized carbons (Fsp3) is 0.462. The van der Waals surface area contributed by atoms with Crippen LogP contribution in [0.15, 0.2) is 35.5 Å². The summed E-state index contributed by atoms with van der Waals surface area (Å²) in [5, 5.41) is 3.08. The molecule has 0 atom stereocenters. The van der Waals surface area contributed by atoms with Gasteiger partial charge in [0, 0.05) is 13.1 Å². The van der Waals surface area contributed by atoms with Crippen LogP contribution in [0.4, 0.5) is 13.2 Å². The van der Waals surface area contributed by atoms with Crippen LogP contribution >= 0.6 is 0 Å². The summed E-state index contributed by atoms with van der Waals surface area (Å²) in [6.07, 6.45) is 1.24. The van der Waals surface area contributed by atoms with Gasteiger partial charge in [-0.3, -0.25) is 4.90 Å². The second-order valence-electron chi connectivity index (χ2n) is 4.55. The lowest BCUT2D eigenvalue weighted by molar-refractivity contribution is -0.820. The molecule has 6 heteroatoms. The minimum atomic E-state index is -4.50. The van der Waals surface area contributed by atoms with Crippen molar-refractivity contribution in [2.24, 2.45) is 0 Å². The molecule has 2 aliphatic rings. The molecule has 0 aromatic carbocycles. The molecular formula is C13H16F3N2O+. The predicted octanol–water partition coefficient (Wildman–Crippen LogP) is 0.376. The van der Waals surface area contributed by atoms with Crippen LogP contribution in [-0.2, 0) is 4.79 Å². The number of hydrogen-bond donors (Lipinski definition) is 2. The Hall–Kier alpha value is -1.40. The van der Waals surface area contributed by atoms with Crippen molar-refractivity contribution < 1.29 is 22.9 Å². The zero-order valence-electron chi connectivity index (χ0n) is 10.4. The van der Waals surface area contributed by atoms with E-state index in [4.69, 9.17) is 0 Å². The van der Waals surface area contributed by atoms with E-state index in [0.29, 0.717) is 37.5 Å². The first kappa shape index (κ1) is 14.0. The zero-order chi connectivity index (χ0) is 13.9. The molecule has 1 aliphatic heterocycles. The molecule has 104 valence electrons. The summed E-state index contributed by atoms with van der Waals surface area (Å²) in [7, 11) is 0. The van der Waals surface area contributed by atoms with Gasteiger partial charge in [0.15, 0.2) is 0 Å². The van der Waals surface area contributed by atoms with Crippen molar-refractivity contribution in [3.8, 4) is 0 Å². The topological polar surface area (TPSA) is 33.5 Å². The lowest BCUT2D eigenvalue weighted by Gasteiger charge is -2.23. The smallest absolute Gasteiger partial charge is 0.306 e. The van der Waals surface area contributed by atoms with E-state index < -0.39 is 17.7 Å². The molecule has 2 rings (SSSR count). The highest BCUT2D eigenvalue weighted by Gasteiger charge is 2.38. The highest BCUT2D eigenvalue weighted by atomic mass is 19.4. The molecule has 1 saturated heterocycles. The summed E-state index contributed by atoms with van der Waals surface area (Å²) >= 11 is 0. The Morgan fingerprint density at radius 2 is 1.79 bits per heavy atom. The van der Waals surface area contributed by atoms with E-state index in [1.54, 1.807) is 6.08 Å². The first-order valence-corrected chi connectivity index (χ1v) is 6.25. The molecule has 0 radical (unpaired) electrons. The largest absolute Gasteiger partial charge is 0.417 e. The van der Waals surface area contributed by atoms with Crippen molar-refractivity contribution in [3.05, 3.63) is 35.5 Å². The van der Waals surface area contributed by atoms with Crippen LogP contribution < -0.4 is 10.2 Å². The number of carbonyl (C=O) groups is 1. The Kier molecular flexibility index (Phi) is 4.21. The quantitative estimate of drug-likeness (QED) is 0.724. The molecule has 3 nitrogen and oxygen atoms in total. The summed E-state index contributed by atoms with van der Waals surface area (Å²) in [4.78, 5) is 12.8. The Morgan fingerprint density at radius 3 is 2.42 bits per heavy atom.